The zero-order valence-electron chi connectivity index (χ0n) is 10.1. The van der Waals surface area contributed by atoms with Crippen LogP contribution in [0.3, 0.4) is 0 Å². The van der Waals surface area contributed by atoms with Crippen LogP contribution in [0.2, 0.25) is 0 Å². The van der Waals surface area contributed by atoms with Crippen LogP contribution < -0.4 is 5.32 Å². The molecule has 0 amide bonds. The number of allylic oxidation sites excluding steroid dienone is 1. The average molecular weight is 195 g/mol. The highest BCUT2D eigenvalue weighted by atomic mass is 14.9. The maximum Gasteiger partial charge on any atom is 0.0263 e. The summed E-state index contributed by atoms with van der Waals surface area (Å²) in [6, 6.07) is 0.493. The first-order valence-electron chi connectivity index (χ1n) is 5.59. The third-order valence-electron chi connectivity index (χ3n) is 2.80. The van der Waals surface area contributed by atoms with Gasteiger partial charge in [-0.3, -0.25) is 0 Å². The zero-order valence-corrected chi connectivity index (χ0v) is 10.1. The van der Waals surface area contributed by atoms with Gasteiger partial charge in [0.25, 0.3) is 0 Å². The molecule has 0 rings (SSSR count). The Morgan fingerprint density at radius 1 is 1.36 bits per heavy atom. The van der Waals surface area contributed by atoms with E-state index in [-0.39, 0.29) is 0 Å². The first kappa shape index (κ1) is 13.3. The summed E-state index contributed by atoms with van der Waals surface area (Å²) >= 11 is 0. The predicted molar refractivity (Wildman–Crippen MR) is 65.2 cm³/mol. The van der Waals surface area contributed by atoms with Gasteiger partial charge in [-0.1, -0.05) is 40.3 Å². The SMILES string of the molecule is C=CC(=C)NC(C)CC(CC)C(C)C. The molecule has 0 fully saturated rings. The van der Waals surface area contributed by atoms with Crippen LogP contribution in [0.1, 0.15) is 40.5 Å². The van der Waals surface area contributed by atoms with E-state index in [1.165, 1.54) is 12.8 Å². The molecule has 0 aromatic rings. The molecule has 0 radical (unpaired) electrons. The molecule has 2 unspecified atom stereocenters. The lowest BCUT2D eigenvalue weighted by atomic mass is 9.87. The van der Waals surface area contributed by atoms with Crippen molar-refractivity contribution in [3.05, 3.63) is 24.9 Å². The Bertz CT molecular complexity index is 182. The highest BCUT2D eigenvalue weighted by molar-refractivity contribution is 5.09. The molecule has 1 heteroatoms. The molecule has 1 N–H and O–H groups in total. The predicted octanol–water partition coefficient (Wildman–Crippen LogP) is 3.74. The lowest BCUT2D eigenvalue weighted by molar-refractivity contribution is 0.316. The Labute approximate surface area is 89.3 Å². The minimum Gasteiger partial charge on any atom is -0.383 e. The molecule has 0 aliphatic carbocycles. The van der Waals surface area contributed by atoms with E-state index < -0.39 is 0 Å². The molecule has 1 nitrogen and oxygen atoms in total. The van der Waals surface area contributed by atoms with E-state index in [1.807, 2.05) is 0 Å². The Morgan fingerprint density at radius 2 is 1.93 bits per heavy atom. The molecule has 0 saturated heterocycles. The fraction of sp³-hybridized carbons (Fsp3) is 0.692. The summed E-state index contributed by atoms with van der Waals surface area (Å²) in [4.78, 5) is 0. The van der Waals surface area contributed by atoms with Crippen LogP contribution in [0, 0.1) is 11.8 Å². The lowest BCUT2D eigenvalue weighted by Crippen LogP contribution is -2.28. The maximum absolute atomic E-state index is 3.86. The van der Waals surface area contributed by atoms with E-state index in [2.05, 4.69) is 46.2 Å². The van der Waals surface area contributed by atoms with Crippen LogP contribution in [0.5, 0.6) is 0 Å². The van der Waals surface area contributed by atoms with Gasteiger partial charge in [-0.2, -0.15) is 0 Å². The fourth-order valence-corrected chi connectivity index (χ4v) is 1.80. The summed E-state index contributed by atoms with van der Waals surface area (Å²) < 4.78 is 0. The van der Waals surface area contributed by atoms with Crippen LogP contribution in [0.15, 0.2) is 24.9 Å². The average Bonchev–Trinajstić information content (AvgIpc) is 2.13. The van der Waals surface area contributed by atoms with Crippen molar-refractivity contribution >= 4 is 0 Å². The smallest absolute Gasteiger partial charge is 0.0263 e. The molecular weight excluding hydrogens is 170 g/mol. The highest BCUT2D eigenvalue weighted by Gasteiger charge is 2.14. The van der Waals surface area contributed by atoms with Crippen LogP contribution in [0.25, 0.3) is 0 Å². The third-order valence-corrected chi connectivity index (χ3v) is 2.80. The molecule has 14 heavy (non-hydrogen) atoms. The van der Waals surface area contributed by atoms with E-state index in [9.17, 15) is 0 Å². The van der Waals surface area contributed by atoms with E-state index in [0.717, 1.165) is 17.5 Å². The Balaban J connectivity index is 3.96. The minimum absolute atomic E-state index is 0.493. The first-order valence-corrected chi connectivity index (χ1v) is 5.59. The second-order valence-electron chi connectivity index (χ2n) is 4.42. The summed E-state index contributed by atoms with van der Waals surface area (Å²) in [6.45, 7) is 16.6. The largest absolute Gasteiger partial charge is 0.383 e. The zero-order chi connectivity index (χ0) is 11.1. The molecule has 0 aromatic carbocycles. The molecule has 0 saturated carbocycles. The van der Waals surface area contributed by atoms with Gasteiger partial charge in [0.1, 0.15) is 0 Å². The summed E-state index contributed by atoms with van der Waals surface area (Å²) in [5.74, 6) is 1.57. The van der Waals surface area contributed by atoms with Gasteiger partial charge in [-0.25, -0.2) is 0 Å². The van der Waals surface area contributed by atoms with Crippen LogP contribution in [0.4, 0.5) is 0 Å². The molecule has 2 atom stereocenters. The van der Waals surface area contributed by atoms with E-state index >= 15 is 0 Å². The molecule has 0 aliphatic heterocycles. The van der Waals surface area contributed by atoms with Gasteiger partial charge in [0.2, 0.25) is 0 Å². The molecule has 0 spiro atoms. The minimum atomic E-state index is 0.493. The van der Waals surface area contributed by atoms with Crippen molar-refractivity contribution in [1.82, 2.24) is 5.32 Å². The Kier molecular flexibility index (Phi) is 6.35. The maximum atomic E-state index is 3.86. The van der Waals surface area contributed by atoms with Gasteiger partial charge in [-0.05, 0) is 31.3 Å². The molecule has 82 valence electrons. The third kappa shape index (κ3) is 5.11. The lowest BCUT2D eigenvalue weighted by Gasteiger charge is -2.24. The quantitative estimate of drug-likeness (QED) is 0.610. The first-order chi connectivity index (χ1) is 6.51. The molecule has 0 bridgehead atoms. The second-order valence-corrected chi connectivity index (χ2v) is 4.42. The van der Waals surface area contributed by atoms with Crippen molar-refractivity contribution in [3.63, 3.8) is 0 Å². The van der Waals surface area contributed by atoms with Crippen molar-refractivity contribution in [1.29, 1.82) is 0 Å². The van der Waals surface area contributed by atoms with E-state index in [1.54, 1.807) is 6.08 Å². The monoisotopic (exact) mass is 195 g/mol. The van der Waals surface area contributed by atoms with Crippen LogP contribution >= 0.6 is 0 Å². The van der Waals surface area contributed by atoms with Crippen molar-refractivity contribution in [2.45, 2.75) is 46.6 Å². The van der Waals surface area contributed by atoms with Crippen molar-refractivity contribution in [2.24, 2.45) is 11.8 Å². The van der Waals surface area contributed by atoms with Crippen molar-refractivity contribution < 1.29 is 0 Å². The fourth-order valence-electron chi connectivity index (χ4n) is 1.80. The van der Waals surface area contributed by atoms with E-state index in [4.69, 9.17) is 0 Å². The number of rotatable bonds is 7. The van der Waals surface area contributed by atoms with Crippen molar-refractivity contribution in [2.75, 3.05) is 0 Å². The van der Waals surface area contributed by atoms with E-state index in [0.29, 0.717) is 6.04 Å². The van der Waals surface area contributed by atoms with Gasteiger partial charge >= 0.3 is 0 Å². The van der Waals surface area contributed by atoms with Gasteiger partial charge in [0.05, 0.1) is 0 Å². The van der Waals surface area contributed by atoms with Gasteiger partial charge in [0.15, 0.2) is 0 Å². The summed E-state index contributed by atoms with van der Waals surface area (Å²) in [7, 11) is 0. The normalized spacial score (nSPS) is 14.9. The van der Waals surface area contributed by atoms with Gasteiger partial charge < -0.3 is 5.32 Å². The van der Waals surface area contributed by atoms with Crippen LogP contribution in [-0.4, -0.2) is 6.04 Å². The Morgan fingerprint density at radius 3 is 2.29 bits per heavy atom. The number of hydrogen-bond donors (Lipinski definition) is 1. The van der Waals surface area contributed by atoms with Crippen molar-refractivity contribution in [3.8, 4) is 0 Å². The Hall–Kier alpha value is -0.720. The molecule has 0 aliphatic rings. The topological polar surface area (TPSA) is 12.0 Å². The molecule has 0 aromatic heterocycles. The summed E-state index contributed by atoms with van der Waals surface area (Å²) in [5, 5.41) is 3.34. The summed E-state index contributed by atoms with van der Waals surface area (Å²) in [5.41, 5.74) is 0.927. The standard InChI is InChI=1S/C13H25N/c1-7-11(5)14-12(6)9-13(8-2)10(3)4/h7,10,12-14H,1,5,8-9H2,2-4,6H3. The second kappa shape index (κ2) is 6.69. The molecular formula is C13H25N. The highest BCUT2D eigenvalue weighted by Crippen LogP contribution is 2.20. The number of nitrogens with one attached hydrogen (secondary N) is 1. The van der Waals surface area contributed by atoms with Gasteiger partial charge in [-0.15, -0.1) is 0 Å². The molecule has 0 heterocycles. The van der Waals surface area contributed by atoms with Crippen LogP contribution in [-0.2, 0) is 0 Å². The van der Waals surface area contributed by atoms with Gasteiger partial charge in [0, 0.05) is 11.7 Å². The number of hydrogen-bond acceptors (Lipinski definition) is 1. The summed E-state index contributed by atoms with van der Waals surface area (Å²) in [6.07, 6.45) is 4.23.